The summed E-state index contributed by atoms with van der Waals surface area (Å²) in [7, 11) is 0. The number of carbonyl (C=O) groups is 4. The highest BCUT2D eigenvalue weighted by atomic mass is 16.5. The third kappa shape index (κ3) is 4.76. The van der Waals surface area contributed by atoms with Crippen LogP contribution in [-0.4, -0.2) is 45.7 Å². The molecule has 4 amide bonds. The number of aromatic nitrogens is 2. The van der Waals surface area contributed by atoms with Crippen LogP contribution in [0, 0.1) is 0 Å². The summed E-state index contributed by atoms with van der Waals surface area (Å²) in [4.78, 5) is 52.2. The lowest BCUT2D eigenvalue weighted by Gasteiger charge is -2.18. The predicted molar refractivity (Wildman–Crippen MR) is 120 cm³/mol. The van der Waals surface area contributed by atoms with Crippen molar-refractivity contribution in [2.24, 2.45) is 0 Å². The van der Waals surface area contributed by atoms with Crippen LogP contribution in [0.15, 0.2) is 42.9 Å². The Bertz CT molecular complexity index is 1270. The Morgan fingerprint density at radius 3 is 2.73 bits per heavy atom. The van der Waals surface area contributed by atoms with Crippen molar-refractivity contribution in [3.05, 3.63) is 48.5 Å². The smallest absolute Gasteiger partial charge is 0.276 e. The standard InChI is InChI=1S/C22H22N6O5/c1-3-15(24-12(2)29)21(31)26-14-4-6-17-20(23-11-28(17)9-14)22(32)25-13-5-7-18-16(8-13)27-19(30)10-33-18/h4-9,11,15H,3,10H2,1-2H3,(H,24,29)(H,25,32)(H,26,31)(H,27,30). The fourth-order valence-corrected chi connectivity index (χ4v) is 3.43. The summed E-state index contributed by atoms with van der Waals surface area (Å²) in [6.45, 7) is 3.11. The third-order valence-corrected chi connectivity index (χ3v) is 4.99. The molecule has 0 radical (unpaired) electrons. The molecule has 0 aliphatic carbocycles. The Labute approximate surface area is 188 Å². The van der Waals surface area contributed by atoms with Crippen LogP contribution in [0.2, 0.25) is 0 Å². The second kappa shape index (κ2) is 8.99. The lowest BCUT2D eigenvalue weighted by Crippen LogP contribution is -2.42. The van der Waals surface area contributed by atoms with Crippen molar-refractivity contribution in [3.63, 3.8) is 0 Å². The molecule has 4 rings (SSSR count). The molecule has 4 N–H and O–H groups in total. The van der Waals surface area contributed by atoms with E-state index < -0.39 is 11.9 Å². The number of nitrogens with one attached hydrogen (secondary N) is 4. The van der Waals surface area contributed by atoms with E-state index in [2.05, 4.69) is 26.3 Å². The van der Waals surface area contributed by atoms with Crippen molar-refractivity contribution < 1.29 is 23.9 Å². The number of nitrogens with zero attached hydrogens (tertiary/aromatic N) is 2. The molecule has 2 aromatic heterocycles. The first-order valence-electron chi connectivity index (χ1n) is 10.3. The molecule has 0 saturated carbocycles. The monoisotopic (exact) mass is 450 g/mol. The number of anilines is 3. The van der Waals surface area contributed by atoms with Crippen LogP contribution in [0.3, 0.4) is 0 Å². The van der Waals surface area contributed by atoms with E-state index in [0.29, 0.717) is 34.7 Å². The Hall–Kier alpha value is -4.41. The first-order valence-corrected chi connectivity index (χ1v) is 10.3. The van der Waals surface area contributed by atoms with Crippen LogP contribution >= 0.6 is 0 Å². The van der Waals surface area contributed by atoms with Gasteiger partial charge in [0.15, 0.2) is 12.3 Å². The maximum atomic E-state index is 12.8. The lowest BCUT2D eigenvalue weighted by atomic mass is 10.2. The molecule has 3 heterocycles. The second-order valence-electron chi connectivity index (χ2n) is 7.46. The minimum atomic E-state index is -0.644. The molecule has 0 bridgehead atoms. The Balaban J connectivity index is 1.49. The lowest BCUT2D eigenvalue weighted by molar-refractivity contribution is -0.125. The van der Waals surface area contributed by atoms with Gasteiger partial charge in [-0.25, -0.2) is 4.98 Å². The molecule has 170 valence electrons. The van der Waals surface area contributed by atoms with E-state index in [4.69, 9.17) is 4.74 Å². The summed E-state index contributed by atoms with van der Waals surface area (Å²) in [5.74, 6) is -0.802. The van der Waals surface area contributed by atoms with E-state index in [-0.39, 0.29) is 30.0 Å². The van der Waals surface area contributed by atoms with Crippen molar-refractivity contribution in [2.45, 2.75) is 26.3 Å². The van der Waals surface area contributed by atoms with Crippen LogP contribution in [-0.2, 0) is 14.4 Å². The quantitative estimate of drug-likeness (QED) is 0.451. The molecule has 1 atom stereocenters. The number of carbonyl (C=O) groups excluding carboxylic acids is 4. The van der Waals surface area contributed by atoms with E-state index in [1.165, 1.54) is 13.3 Å². The maximum absolute atomic E-state index is 12.8. The zero-order valence-electron chi connectivity index (χ0n) is 18.0. The van der Waals surface area contributed by atoms with Gasteiger partial charge in [0.25, 0.3) is 11.8 Å². The van der Waals surface area contributed by atoms with Gasteiger partial charge in [0.1, 0.15) is 18.1 Å². The molecule has 11 nitrogen and oxygen atoms in total. The summed E-state index contributed by atoms with van der Waals surface area (Å²) in [5.41, 5.74) is 2.16. The topological polar surface area (TPSA) is 143 Å². The van der Waals surface area contributed by atoms with Gasteiger partial charge in [0, 0.05) is 18.8 Å². The summed E-state index contributed by atoms with van der Waals surface area (Å²) >= 11 is 0. The first kappa shape index (κ1) is 21.8. The second-order valence-corrected chi connectivity index (χ2v) is 7.46. The molecule has 1 aromatic carbocycles. The van der Waals surface area contributed by atoms with Crippen LogP contribution in [0.25, 0.3) is 5.52 Å². The molecular formula is C22H22N6O5. The fraction of sp³-hybridized carbons (Fsp3) is 0.227. The van der Waals surface area contributed by atoms with Crippen molar-refractivity contribution in [1.82, 2.24) is 14.7 Å². The summed E-state index contributed by atoms with van der Waals surface area (Å²) in [6.07, 6.45) is 3.54. The number of imidazole rings is 1. The number of benzene rings is 1. The molecule has 1 aliphatic rings. The van der Waals surface area contributed by atoms with Crippen LogP contribution < -0.4 is 26.0 Å². The van der Waals surface area contributed by atoms with E-state index in [0.717, 1.165) is 0 Å². The number of ether oxygens (including phenoxy) is 1. The minimum absolute atomic E-state index is 0.0475. The highest BCUT2D eigenvalue weighted by molar-refractivity contribution is 6.08. The maximum Gasteiger partial charge on any atom is 0.276 e. The molecule has 1 unspecified atom stereocenters. The van der Waals surface area contributed by atoms with Gasteiger partial charge in [-0.2, -0.15) is 0 Å². The van der Waals surface area contributed by atoms with Crippen LogP contribution in [0.1, 0.15) is 30.8 Å². The summed E-state index contributed by atoms with van der Waals surface area (Å²) in [5, 5.41) is 10.8. The van der Waals surface area contributed by atoms with Gasteiger partial charge < -0.3 is 30.4 Å². The van der Waals surface area contributed by atoms with Gasteiger partial charge in [-0.15, -0.1) is 0 Å². The SMILES string of the molecule is CCC(NC(C)=O)C(=O)Nc1ccc2c(C(=O)Nc3ccc4c(c3)NC(=O)CO4)ncn2c1. The number of fused-ring (bicyclic) bond motifs is 2. The molecule has 1 aliphatic heterocycles. The van der Waals surface area contributed by atoms with E-state index in [9.17, 15) is 19.2 Å². The van der Waals surface area contributed by atoms with Gasteiger partial charge in [-0.3, -0.25) is 19.2 Å². The molecular weight excluding hydrogens is 428 g/mol. The summed E-state index contributed by atoms with van der Waals surface area (Å²) < 4.78 is 6.93. The number of pyridine rings is 1. The Kier molecular flexibility index (Phi) is 5.94. The fourth-order valence-electron chi connectivity index (χ4n) is 3.43. The van der Waals surface area contributed by atoms with Gasteiger partial charge in [0.2, 0.25) is 11.8 Å². The predicted octanol–water partition coefficient (Wildman–Crippen LogP) is 1.77. The van der Waals surface area contributed by atoms with Crippen LogP contribution in [0.4, 0.5) is 17.1 Å². The van der Waals surface area contributed by atoms with Gasteiger partial charge in [-0.1, -0.05) is 6.92 Å². The average Bonchev–Trinajstić information content (AvgIpc) is 3.20. The third-order valence-electron chi connectivity index (χ3n) is 4.99. The van der Waals surface area contributed by atoms with Crippen molar-refractivity contribution >= 4 is 46.2 Å². The highest BCUT2D eigenvalue weighted by Gasteiger charge is 2.20. The molecule has 11 heteroatoms. The number of hydrogen-bond acceptors (Lipinski definition) is 6. The molecule has 33 heavy (non-hydrogen) atoms. The largest absolute Gasteiger partial charge is 0.482 e. The van der Waals surface area contributed by atoms with Gasteiger partial charge >= 0.3 is 0 Å². The molecule has 0 saturated heterocycles. The number of amides is 4. The van der Waals surface area contributed by atoms with Crippen molar-refractivity contribution in [3.8, 4) is 5.75 Å². The van der Waals surface area contributed by atoms with Gasteiger partial charge in [-0.05, 0) is 36.8 Å². The molecule has 3 aromatic rings. The number of rotatable bonds is 6. The zero-order chi connectivity index (χ0) is 23.5. The van der Waals surface area contributed by atoms with E-state index in [1.807, 2.05) is 0 Å². The first-order chi connectivity index (χ1) is 15.8. The molecule has 0 fully saturated rings. The minimum Gasteiger partial charge on any atom is -0.482 e. The van der Waals surface area contributed by atoms with Gasteiger partial charge in [0.05, 0.1) is 16.9 Å². The number of hydrogen-bond donors (Lipinski definition) is 4. The Morgan fingerprint density at radius 1 is 1.18 bits per heavy atom. The average molecular weight is 450 g/mol. The normalized spacial score (nSPS) is 13.3. The summed E-state index contributed by atoms with van der Waals surface area (Å²) in [6, 6.07) is 7.61. The van der Waals surface area contributed by atoms with E-state index in [1.54, 1.807) is 47.9 Å². The Morgan fingerprint density at radius 2 is 1.97 bits per heavy atom. The van der Waals surface area contributed by atoms with Crippen LogP contribution in [0.5, 0.6) is 5.75 Å². The molecule has 0 spiro atoms. The highest BCUT2D eigenvalue weighted by Crippen LogP contribution is 2.30. The zero-order valence-corrected chi connectivity index (χ0v) is 18.0. The van der Waals surface area contributed by atoms with E-state index >= 15 is 0 Å². The van der Waals surface area contributed by atoms with Crippen molar-refractivity contribution in [2.75, 3.05) is 22.6 Å². The van der Waals surface area contributed by atoms with Crippen molar-refractivity contribution in [1.29, 1.82) is 0 Å².